The molecular weight excluding hydrogens is 332 g/mol. The normalized spacial score (nSPS) is 10.7. The topological polar surface area (TPSA) is 101 Å². The second-order valence-corrected chi connectivity index (χ2v) is 6.66. The van der Waals surface area contributed by atoms with E-state index in [9.17, 15) is 5.26 Å². The Morgan fingerprint density at radius 1 is 1.12 bits per heavy atom. The number of aromatic nitrogens is 4. The van der Waals surface area contributed by atoms with Gasteiger partial charge in [0.25, 0.3) is 0 Å². The predicted octanol–water partition coefficient (Wildman–Crippen LogP) is 3.58. The first-order valence-corrected chi connectivity index (χ1v) is 8.33. The molecule has 0 bridgehead atoms. The Balaban J connectivity index is 1.99. The molecule has 0 aliphatic heterocycles. The summed E-state index contributed by atoms with van der Waals surface area (Å²) in [6.07, 6.45) is 3.51. The average Bonchev–Trinajstić information content (AvgIpc) is 3.07. The van der Waals surface area contributed by atoms with Crippen molar-refractivity contribution in [2.24, 2.45) is 0 Å². The van der Waals surface area contributed by atoms with Crippen molar-refractivity contribution in [3.05, 3.63) is 53.4 Å². The van der Waals surface area contributed by atoms with Crippen molar-refractivity contribution in [1.29, 1.82) is 5.26 Å². The third-order valence-electron chi connectivity index (χ3n) is 3.76. The minimum Gasteiger partial charge on any atom is -0.381 e. The molecule has 2 N–H and O–H groups in total. The lowest BCUT2D eigenvalue weighted by Gasteiger charge is -2.09. The lowest BCUT2D eigenvalue weighted by atomic mass is 10.1. The van der Waals surface area contributed by atoms with Crippen molar-refractivity contribution in [3.63, 3.8) is 0 Å². The van der Waals surface area contributed by atoms with Gasteiger partial charge in [-0.25, -0.2) is 15.0 Å². The van der Waals surface area contributed by atoms with Gasteiger partial charge >= 0.3 is 0 Å². The van der Waals surface area contributed by atoms with E-state index in [-0.39, 0.29) is 11.5 Å². The average molecular weight is 344 g/mol. The van der Waals surface area contributed by atoms with Gasteiger partial charge in [-0.2, -0.15) is 5.26 Å². The Morgan fingerprint density at radius 3 is 2.76 bits per heavy atom. The predicted molar refractivity (Wildman–Crippen MR) is 97.7 cm³/mol. The SMILES string of the molecule is Cc1ncc(-c2nc(N)c(C#N)nc2-c2ccc3ncccc3c2)s1. The van der Waals surface area contributed by atoms with Gasteiger partial charge in [-0.05, 0) is 25.1 Å². The van der Waals surface area contributed by atoms with Crippen LogP contribution in [0.15, 0.2) is 42.7 Å². The lowest BCUT2D eigenvalue weighted by Crippen LogP contribution is -2.02. The van der Waals surface area contributed by atoms with E-state index in [1.165, 1.54) is 11.3 Å². The van der Waals surface area contributed by atoms with Crippen LogP contribution >= 0.6 is 11.3 Å². The molecule has 0 saturated carbocycles. The number of aryl methyl sites for hydroxylation is 1. The van der Waals surface area contributed by atoms with Crippen LogP contribution in [0.3, 0.4) is 0 Å². The van der Waals surface area contributed by atoms with Crippen LogP contribution in [0.4, 0.5) is 5.82 Å². The van der Waals surface area contributed by atoms with E-state index in [1.807, 2.05) is 43.3 Å². The van der Waals surface area contributed by atoms with Crippen LogP contribution in [0, 0.1) is 18.3 Å². The fraction of sp³-hybridized carbons (Fsp3) is 0.0556. The molecule has 3 heterocycles. The summed E-state index contributed by atoms with van der Waals surface area (Å²) in [4.78, 5) is 18.4. The molecule has 25 heavy (non-hydrogen) atoms. The van der Waals surface area contributed by atoms with Crippen molar-refractivity contribution in [2.45, 2.75) is 6.92 Å². The highest BCUT2D eigenvalue weighted by Gasteiger charge is 2.17. The Hall–Kier alpha value is -3.37. The second-order valence-electron chi connectivity index (χ2n) is 5.42. The number of fused-ring (bicyclic) bond motifs is 1. The minimum absolute atomic E-state index is 0.117. The third kappa shape index (κ3) is 2.69. The van der Waals surface area contributed by atoms with E-state index >= 15 is 0 Å². The molecule has 0 spiro atoms. The molecule has 0 aliphatic rings. The number of anilines is 1. The maximum absolute atomic E-state index is 9.27. The van der Waals surface area contributed by atoms with Crippen LogP contribution in [0.5, 0.6) is 0 Å². The summed E-state index contributed by atoms with van der Waals surface area (Å²) in [6, 6.07) is 11.7. The number of hydrogen-bond donors (Lipinski definition) is 1. The summed E-state index contributed by atoms with van der Waals surface area (Å²) < 4.78 is 0. The van der Waals surface area contributed by atoms with E-state index in [4.69, 9.17) is 5.73 Å². The standard InChI is InChI=1S/C18H12N6S/c1-10-22-9-15(25-10)17-16(23-14(8-19)18(20)24-17)12-4-5-13-11(7-12)3-2-6-21-13/h2-7,9H,1H3,(H2,20,24). The van der Waals surface area contributed by atoms with Gasteiger partial charge in [0.15, 0.2) is 11.5 Å². The number of nitrogens with two attached hydrogens (primary N) is 1. The van der Waals surface area contributed by atoms with E-state index in [0.29, 0.717) is 11.4 Å². The molecule has 0 saturated heterocycles. The molecule has 4 aromatic rings. The molecular formula is C18H12N6S. The van der Waals surface area contributed by atoms with Crippen molar-refractivity contribution in [3.8, 4) is 27.9 Å². The third-order valence-corrected chi connectivity index (χ3v) is 4.68. The number of thiazole rings is 1. The molecule has 0 fully saturated rings. The maximum Gasteiger partial charge on any atom is 0.183 e. The van der Waals surface area contributed by atoms with E-state index in [0.717, 1.165) is 26.4 Å². The molecule has 0 unspecified atom stereocenters. The summed E-state index contributed by atoms with van der Waals surface area (Å²) in [5, 5.41) is 11.2. The van der Waals surface area contributed by atoms with Gasteiger partial charge in [0.1, 0.15) is 11.8 Å². The van der Waals surface area contributed by atoms with Gasteiger partial charge in [0, 0.05) is 23.3 Å². The van der Waals surface area contributed by atoms with Gasteiger partial charge in [-0.15, -0.1) is 11.3 Å². The molecule has 6 nitrogen and oxygen atoms in total. The molecule has 0 aliphatic carbocycles. The smallest absolute Gasteiger partial charge is 0.183 e. The molecule has 3 aromatic heterocycles. The molecule has 0 radical (unpaired) electrons. The van der Waals surface area contributed by atoms with E-state index in [1.54, 1.807) is 12.4 Å². The van der Waals surface area contributed by atoms with Crippen molar-refractivity contribution in [1.82, 2.24) is 19.9 Å². The van der Waals surface area contributed by atoms with E-state index < -0.39 is 0 Å². The molecule has 7 heteroatoms. The van der Waals surface area contributed by atoms with Gasteiger partial charge < -0.3 is 5.73 Å². The van der Waals surface area contributed by atoms with Crippen LogP contribution in [0.1, 0.15) is 10.7 Å². The van der Waals surface area contributed by atoms with Crippen LogP contribution in [0.2, 0.25) is 0 Å². The van der Waals surface area contributed by atoms with Gasteiger partial charge in [0.05, 0.1) is 21.1 Å². The number of nitriles is 1. The molecule has 120 valence electrons. The lowest BCUT2D eigenvalue weighted by molar-refractivity contribution is 1.18. The van der Waals surface area contributed by atoms with E-state index in [2.05, 4.69) is 19.9 Å². The first kappa shape index (κ1) is 15.2. The number of nitrogens with zero attached hydrogens (tertiary/aromatic N) is 5. The Kier molecular flexibility index (Phi) is 3.60. The van der Waals surface area contributed by atoms with Crippen molar-refractivity contribution >= 4 is 28.1 Å². The summed E-state index contributed by atoms with van der Waals surface area (Å²) in [7, 11) is 0. The first-order chi connectivity index (χ1) is 12.2. The monoisotopic (exact) mass is 344 g/mol. The van der Waals surface area contributed by atoms with Crippen LogP contribution in [-0.2, 0) is 0 Å². The summed E-state index contributed by atoms with van der Waals surface area (Å²) in [5.41, 5.74) is 9.00. The van der Waals surface area contributed by atoms with Crippen LogP contribution in [-0.4, -0.2) is 19.9 Å². The summed E-state index contributed by atoms with van der Waals surface area (Å²) in [6.45, 7) is 1.93. The highest BCUT2D eigenvalue weighted by atomic mass is 32.1. The van der Waals surface area contributed by atoms with Gasteiger partial charge in [-0.3, -0.25) is 4.98 Å². The fourth-order valence-corrected chi connectivity index (χ4v) is 3.37. The fourth-order valence-electron chi connectivity index (χ4n) is 2.60. The zero-order chi connectivity index (χ0) is 17.4. The molecule has 1 aromatic carbocycles. The highest BCUT2D eigenvalue weighted by molar-refractivity contribution is 7.15. The number of rotatable bonds is 2. The minimum atomic E-state index is 0.117. The zero-order valence-electron chi connectivity index (χ0n) is 13.3. The quantitative estimate of drug-likeness (QED) is 0.596. The number of pyridine rings is 1. The summed E-state index contributed by atoms with van der Waals surface area (Å²) in [5.74, 6) is 0.120. The number of benzene rings is 1. The largest absolute Gasteiger partial charge is 0.381 e. The maximum atomic E-state index is 9.27. The van der Waals surface area contributed by atoms with Gasteiger partial charge in [0.2, 0.25) is 0 Å². The highest BCUT2D eigenvalue weighted by Crippen LogP contribution is 2.34. The van der Waals surface area contributed by atoms with Crippen molar-refractivity contribution in [2.75, 3.05) is 5.73 Å². The molecule has 4 rings (SSSR count). The number of hydrogen-bond acceptors (Lipinski definition) is 7. The molecule has 0 atom stereocenters. The summed E-state index contributed by atoms with van der Waals surface area (Å²) >= 11 is 1.51. The number of nitrogen functional groups attached to an aromatic ring is 1. The Bertz CT molecular complexity index is 1140. The first-order valence-electron chi connectivity index (χ1n) is 7.51. The van der Waals surface area contributed by atoms with Crippen molar-refractivity contribution < 1.29 is 0 Å². The van der Waals surface area contributed by atoms with Crippen LogP contribution < -0.4 is 5.73 Å². The Labute approximate surface area is 147 Å². The molecule has 0 amide bonds. The second kappa shape index (κ2) is 5.92. The Morgan fingerprint density at radius 2 is 2.00 bits per heavy atom. The zero-order valence-corrected chi connectivity index (χ0v) is 14.1. The van der Waals surface area contributed by atoms with Crippen LogP contribution in [0.25, 0.3) is 32.7 Å². The van der Waals surface area contributed by atoms with Gasteiger partial charge in [-0.1, -0.05) is 12.1 Å².